The van der Waals surface area contributed by atoms with Crippen molar-refractivity contribution in [1.29, 1.82) is 0 Å². The maximum Gasteiger partial charge on any atom is 0.290 e. The number of ether oxygens (including phenoxy) is 1. The maximum absolute atomic E-state index is 13.0. The Balaban J connectivity index is 0.00000103. The van der Waals surface area contributed by atoms with Gasteiger partial charge in [0.15, 0.2) is 0 Å². The SMILES string of the molecule is CC(c1ccc(COc2cccc3c2CN([C@H]2CCC(=O)NC2=O)C3=O)cc1)N1CCN(C2CC2)CC1.O=CO. The lowest BCUT2D eigenvalue weighted by atomic mass is 10.0. The molecule has 10 heteroatoms. The summed E-state index contributed by atoms with van der Waals surface area (Å²) in [7, 11) is 0. The summed E-state index contributed by atoms with van der Waals surface area (Å²) in [6, 6.07) is 14.7. The van der Waals surface area contributed by atoms with Gasteiger partial charge in [0, 0.05) is 55.8 Å². The molecule has 0 aromatic heterocycles. The van der Waals surface area contributed by atoms with Crippen LogP contribution in [0.2, 0.25) is 0 Å². The minimum Gasteiger partial charge on any atom is -0.489 e. The number of imide groups is 1. The molecule has 1 unspecified atom stereocenters. The molecule has 0 bridgehead atoms. The van der Waals surface area contributed by atoms with Crippen molar-refractivity contribution in [2.45, 2.75) is 63.9 Å². The first-order valence-electron chi connectivity index (χ1n) is 13.9. The molecular weight excluding hydrogens is 512 g/mol. The van der Waals surface area contributed by atoms with Crippen LogP contribution in [-0.4, -0.2) is 82.3 Å². The molecule has 2 atom stereocenters. The molecule has 2 aromatic rings. The molecule has 6 rings (SSSR count). The summed E-state index contributed by atoms with van der Waals surface area (Å²) in [5, 5.41) is 9.24. The Morgan fingerprint density at radius 3 is 2.38 bits per heavy atom. The summed E-state index contributed by atoms with van der Waals surface area (Å²) < 4.78 is 6.17. The number of nitrogens with zero attached hydrogens (tertiary/aromatic N) is 3. The van der Waals surface area contributed by atoms with E-state index in [4.69, 9.17) is 14.6 Å². The first kappa shape index (κ1) is 27.8. The van der Waals surface area contributed by atoms with Crippen LogP contribution in [-0.2, 0) is 27.5 Å². The molecule has 1 aliphatic carbocycles. The fourth-order valence-electron chi connectivity index (χ4n) is 5.89. The van der Waals surface area contributed by atoms with E-state index in [-0.39, 0.29) is 24.7 Å². The Kier molecular flexibility index (Phi) is 8.46. The number of fused-ring (bicyclic) bond motifs is 1. The van der Waals surface area contributed by atoms with Gasteiger partial charge in [-0.05, 0) is 49.4 Å². The average Bonchev–Trinajstić information content (AvgIpc) is 3.76. The van der Waals surface area contributed by atoms with Crippen LogP contribution in [0.1, 0.15) is 65.7 Å². The molecule has 0 spiro atoms. The summed E-state index contributed by atoms with van der Waals surface area (Å²) in [5.41, 5.74) is 3.74. The number of hydrogen-bond donors (Lipinski definition) is 2. The van der Waals surface area contributed by atoms with Crippen molar-refractivity contribution < 1.29 is 29.0 Å². The topological polar surface area (TPSA) is 119 Å². The second-order valence-electron chi connectivity index (χ2n) is 10.8. The largest absolute Gasteiger partial charge is 0.489 e. The lowest BCUT2D eigenvalue weighted by Gasteiger charge is -2.38. The third kappa shape index (κ3) is 6.03. The molecule has 0 radical (unpaired) electrons. The molecule has 1 saturated carbocycles. The van der Waals surface area contributed by atoms with E-state index >= 15 is 0 Å². The first-order chi connectivity index (χ1) is 19.4. The number of carbonyl (C=O) groups is 4. The number of benzene rings is 2. The van der Waals surface area contributed by atoms with Crippen LogP contribution in [0, 0.1) is 0 Å². The summed E-state index contributed by atoms with van der Waals surface area (Å²) in [6.07, 6.45) is 3.34. The van der Waals surface area contributed by atoms with Gasteiger partial charge in [0.1, 0.15) is 18.4 Å². The molecule has 4 aliphatic rings. The molecule has 10 nitrogen and oxygen atoms in total. The monoisotopic (exact) mass is 548 g/mol. The molecule has 2 aromatic carbocycles. The Hall–Kier alpha value is -3.76. The van der Waals surface area contributed by atoms with Gasteiger partial charge in [0.25, 0.3) is 12.4 Å². The molecule has 3 heterocycles. The number of nitrogens with one attached hydrogen (secondary N) is 1. The van der Waals surface area contributed by atoms with E-state index < -0.39 is 11.9 Å². The molecule has 2 saturated heterocycles. The number of carboxylic acid groups (broad SMARTS) is 1. The number of amides is 3. The van der Waals surface area contributed by atoms with Gasteiger partial charge in [-0.1, -0.05) is 30.3 Å². The summed E-state index contributed by atoms with van der Waals surface area (Å²) in [5.74, 6) is -0.220. The molecular formula is C30H36N4O6. The van der Waals surface area contributed by atoms with Gasteiger partial charge < -0.3 is 14.7 Å². The van der Waals surface area contributed by atoms with Crippen LogP contribution >= 0.6 is 0 Å². The zero-order chi connectivity index (χ0) is 28.2. The van der Waals surface area contributed by atoms with E-state index in [2.05, 4.69) is 46.3 Å². The van der Waals surface area contributed by atoms with Crippen molar-refractivity contribution in [1.82, 2.24) is 20.0 Å². The van der Waals surface area contributed by atoms with Crippen LogP contribution in [0.15, 0.2) is 42.5 Å². The van der Waals surface area contributed by atoms with Gasteiger partial charge in [-0.3, -0.25) is 34.3 Å². The Morgan fingerprint density at radius 2 is 1.73 bits per heavy atom. The van der Waals surface area contributed by atoms with Crippen molar-refractivity contribution in [2.24, 2.45) is 0 Å². The maximum atomic E-state index is 13.0. The van der Waals surface area contributed by atoms with E-state index in [1.165, 1.54) is 31.5 Å². The molecule has 2 N–H and O–H groups in total. The lowest BCUT2D eigenvalue weighted by Crippen LogP contribution is -2.52. The lowest BCUT2D eigenvalue weighted by molar-refractivity contribution is -0.137. The fraction of sp³-hybridized carbons (Fsp3) is 0.467. The van der Waals surface area contributed by atoms with E-state index in [0.717, 1.165) is 30.3 Å². The highest BCUT2D eigenvalue weighted by Gasteiger charge is 2.40. The molecule has 40 heavy (non-hydrogen) atoms. The van der Waals surface area contributed by atoms with Gasteiger partial charge in [0.05, 0.1) is 6.54 Å². The second kappa shape index (κ2) is 12.2. The van der Waals surface area contributed by atoms with Gasteiger partial charge in [-0.2, -0.15) is 0 Å². The number of piperidine rings is 1. The Morgan fingerprint density at radius 1 is 1.02 bits per heavy atom. The van der Waals surface area contributed by atoms with Gasteiger partial charge in [0.2, 0.25) is 11.8 Å². The first-order valence-corrected chi connectivity index (χ1v) is 13.9. The van der Waals surface area contributed by atoms with Crippen molar-refractivity contribution in [3.05, 3.63) is 64.7 Å². The zero-order valence-corrected chi connectivity index (χ0v) is 22.8. The summed E-state index contributed by atoms with van der Waals surface area (Å²) in [6.45, 7) is 7.33. The highest BCUT2D eigenvalue weighted by molar-refractivity contribution is 6.05. The van der Waals surface area contributed by atoms with Crippen molar-refractivity contribution >= 4 is 24.2 Å². The summed E-state index contributed by atoms with van der Waals surface area (Å²) >= 11 is 0. The van der Waals surface area contributed by atoms with Crippen LogP contribution in [0.3, 0.4) is 0 Å². The number of carbonyl (C=O) groups excluding carboxylic acids is 3. The van der Waals surface area contributed by atoms with E-state index in [1.807, 2.05) is 12.1 Å². The highest BCUT2D eigenvalue weighted by atomic mass is 16.5. The average molecular weight is 549 g/mol. The molecule has 3 fully saturated rings. The van der Waals surface area contributed by atoms with Gasteiger partial charge in [-0.15, -0.1) is 0 Å². The van der Waals surface area contributed by atoms with E-state index in [9.17, 15) is 14.4 Å². The minimum atomic E-state index is -0.628. The number of rotatable bonds is 7. The molecule has 3 aliphatic heterocycles. The van der Waals surface area contributed by atoms with Crippen molar-refractivity contribution in [3.63, 3.8) is 0 Å². The van der Waals surface area contributed by atoms with Gasteiger partial charge in [-0.25, -0.2) is 0 Å². The number of piperazine rings is 1. The van der Waals surface area contributed by atoms with E-state index in [1.54, 1.807) is 11.0 Å². The Bertz CT molecular complexity index is 1250. The third-order valence-electron chi connectivity index (χ3n) is 8.36. The summed E-state index contributed by atoms with van der Waals surface area (Å²) in [4.78, 5) is 52.0. The third-order valence-corrected chi connectivity index (χ3v) is 8.36. The predicted molar refractivity (Wildman–Crippen MR) is 147 cm³/mol. The molecule has 212 valence electrons. The quantitative estimate of drug-likeness (QED) is 0.400. The molecule has 3 amide bonds. The van der Waals surface area contributed by atoms with Gasteiger partial charge >= 0.3 is 0 Å². The normalized spacial score (nSPS) is 22.2. The van der Waals surface area contributed by atoms with Crippen LogP contribution in [0.5, 0.6) is 5.75 Å². The van der Waals surface area contributed by atoms with Crippen molar-refractivity contribution in [2.75, 3.05) is 26.2 Å². The Labute approximate surface area is 233 Å². The number of hydrogen-bond acceptors (Lipinski definition) is 7. The van der Waals surface area contributed by atoms with Crippen LogP contribution in [0.4, 0.5) is 0 Å². The van der Waals surface area contributed by atoms with Crippen LogP contribution in [0.25, 0.3) is 0 Å². The van der Waals surface area contributed by atoms with Crippen molar-refractivity contribution in [3.8, 4) is 5.75 Å². The smallest absolute Gasteiger partial charge is 0.290 e. The highest BCUT2D eigenvalue weighted by Crippen LogP contribution is 2.34. The fourth-order valence-corrected chi connectivity index (χ4v) is 5.89. The second-order valence-corrected chi connectivity index (χ2v) is 10.8. The predicted octanol–water partition coefficient (Wildman–Crippen LogP) is 2.57. The minimum absolute atomic E-state index is 0.189. The zero-order valence-electron chi connectivity index (χ0n) is 22.8. The van der Waals surface area contributed by atoms with Crippen LogP contribution < -0.4 is 10.1 Å². The standard InChI is InChI=1S/C29H34N4O4.CH2O2/c1-19(31-13-15-32(16-14-31)22-9-10-22)21-7-5-20(6-8-21)18-37-26-4-2-3-23-24(26)17-33(29(23)36)25-11-12-27(34)30-28(25)35;2-1-3/h2-8,19,22,25H,9-18H2,1H3,(H,30,34,35);1H,(H,2,3)/t19?,25-;/m0./s1. The van der Waals surface area contributed by atoms with E-state index in [0.29, 0.717) is 36.9 Å².